The maximum absolute atomic E-state index is 13.4. The first kappa shape index (κ1) is 18.7. The van der Waals surface area contributed by atoms with Crippen molar-refractivity contribution >= 4 is 28.4 Å². The molecule has 7 nitrogen and oxygen atoms in total. The second-order valence-corrected chi connectivity index (χ2v) is 8.64. The number of rotatable bonds is 3. The number of amides is 2. The number of aryl methyl sites for hydroxylation is 1. The molecular weight excluding hydrogens is 378 g/mol. The molecule has 0 saturated heterocycles. The molecule has 7 heteroatoms. The summed E-state index contributed by atoms with van der Waals surface area (Å²) in [5.74, 6) is -0.259. The van der Waals surface area contributed by atoms with E-state index in [1.54, 1.807) is 4.68 Å². The van der Waals surface area contributed by atoms with Crippen LogP contribution in [0.25, 0.3) is 10.9 Å². The van der Waals surface area contributed by atoms with Gasteiger partial charge < -0.3 is 9.88 Å². The smallest absolute Gasteiger partial charge is 0.259 e. The Balaban J connectivity index is 1.79. The first-order valence-corrected chi connectivity index (χ1v) is 10.3. The predicted octanol–water partition coefficient (Wildman–Crippen LogP) is 3.23. The lowest BCUT2D eigenvalue weighted by Gasteiger charge is -2.18. The quantitative estimate of drug-likeness (QED) is 0.729. The van der Waals surface area contributed by atoms with Crippen molar-refractivity contribution in [1.82, 2.24) is 19.2 Å². The van der Waals surface area contributed by atoms with E-state index in [0.717, 1.165) is 40.0 Å². The first-order chi connectivity index (χ1) is 14.3. The summed E-state index contributed by atoms with van der Waals surface area (Å²) in [5, 5.41) is 8.99. The summed E-state index contributed by atoms with van der Waals surface area (Å²) >= 11 is 0. The topological polar surface area (TPSA) is 72.2 Å². The van der Waals surface area contributed by atoms with Crippen molar-refractivity contribution in [2.24, 2.45) is 13.0 Å². The molecule has 1 N–H and O–H groups in total. The highest BCUT2D eigenvalue weighted by molar-refractivity contribution is 6.11. The van der Waals surface area contributed by atoms with E-state index >= 15 is 0 Å². The Morgan fingerprint density at radius 3 is 2.77 bits per heavy atom. The molecular formula is C23H25N5O2. The van der Waals surface area contributed by atoms with Crippen LogP contribution in [0, 0.1) is 5.92 Å². The van der Waals surface area contributed by atoms with Crippen LogP contribution in [0.15, 0.2) is 48.1 Å². The Hall–Kier alpha value is -3.35. The highest BCUT2D eigenvalue weighted by Gasteiger charge is 2.42. The molecule has 1 atom stereocenters. The number of imide groups is 1. The number of nitrogens with zero attached hydrogens (tertiary/aromatic N) is 4. The van der Waals surface area contributed by atoms with E-state index in [2.05, 4.69) is 41.1 Å². The maximum Gasteiger partial charge on any atom is 0.259 e. The molecule has 0 aliphatic carbocycles. The third kappa shape index (κ3) is 2.69. The average molecular weight is 403 g/mol. The van der Waals surface area contributed by atoms with E-state index in [1.807, 2.05) is 31.6 Å². The molecule has 2 aliphatic rings. The van der Waals surface area contributed by atoms with Gasteiger partial charge >= 0.3 is 0 Å². The molecule has 5 rings (SSSR count). The van der Waals surface area contributed by atoms with E-state index in [1.165, 1.54) is 11.8 Å². The number of aromatic nitrogens is 3. The monoisotopic (exact) mass is 403 g/mol. The summed E-state index contributed by atoms with van der Waals surface area (Å²) in [4.78, 5) is 26.8. The van der Waals surface area contributed by atoms with Crippen molar-refractivity contribution in [3.63, 3.8) is 0 Å². The summed E-state index contributed by atoms with van der Waals surface area (Å²) in [5.41, 5.74) is 5.58. The van der Waals surface area contributed by atoms with Crippen molar-refractivity contribution in [1.29, 1.82) is 0 Å². The number of benzene rings is 1. The zero-order valence-corrected chi connectivity index (χ0v) is 17.6. The third-order valence-corrected chi connectivity index (χ3v) is 5.94. The number of hydrogen-bond donors (Lipinski definition) is 1. The van der Waals surface area contributed by atoms with Crippen LogP contribution in [0.2, 0.25) is 0 Å². The molecule has 0 saturated carbocycles. The van der Waals surface area contributed by atoms with Gasteiger partial charge in [-0.2, -0.15) is 5.10 Å². The molecule has 0 radical (unpaired) electrons. The van der Waals surface area contributed by atoms with Crippen molar-refractivity contribution in [2.45, 2.75) is 33.2 Å². The molecule has 30 heavy (non-hydrogen) atoms. The average Bonchev–Trinajstić information content (AvgIpc) is 3.32. The van der Waals surface area contributed by atoms with Gasteiger partial charge in [-0.05, 0) is 23.6 Å². The fraction of sp³-hybridized carbons (Fsp3) is 0.348. The van der Waals surface area contributed by atoms with Gasteiger partial charge in [-0.3, -0.25) is 19.2 Å². The van der Waals surface area contributed by atoms with Gasteiger partial charge in [0.15, 0.2) is 0 Å². The number of hydrogen-bond acceptors (Lipinski definition) is 4. The maximum atomic E-state index is 13.4. The fourth-order valence-corrected chi connectivity index (χ4v) is 4.75. The number of nitrogens with one attached hydrogen (secondary N) is 1. The Labute approximate surface area is 175 Å². The second kappa shape index (κ2) is 6.58. The van der Waals surface area contributed by atoms with Crippen LogP contribution in [0.1, 0.15) is 37.8 Å². The van der Waals surface area contributed by atoms with Gasteiger partial charge in [0, 0.05) is 61.2 Å². The van der Waals surface area contributed by atoms with Crippen LogP contribution in [0.5, 0.6) is 0 Å². The lowest BCUT2D eigenvalue weighted by molar-refractivity contribution is -0.139. The van der Waals surface area contributed by atoms with Crippen LogP contribution < -0.4 is 5.32 Å². The molecule has 2 aromatic heterocycles. The molecule has 154 valence electrons. The van der Waals surface area contributed by atoms with Crippen LogP contribution in [0.3, 0.4) is 0 Å². The van der Waals surface area contributed by atoms with E-state index in [4.69, 9.17) is 0 Å². The minimum absolute atomic E-state index is 0.226. The second-order valence-electron chi connectivity index (χ2n) is 8.64. The third-order valence-electron chi connectivity index (χ3n) is 5.94. The van der Waals surface area contributed by atoms with Crippen molar-refractivity contribution in [3.8, 4) is 0 Å². The molecule has 4 heterocycles. The lowest BCUT2D eigenvalue weighted by Crippen LogP contribution is -2.33. The molecule has 2 aliphatic heterocycles. The first-order valence-electron chi connectivity index (χ1n) is 10.3. The van der Waals surface area contributed by atoms with Crippen molar-refractivity contribution < 1.29 is 9.59 Å². The minimum Gasteiger partial charge on any atom is -0.356 e. The molecule has 3 aromatic rings. The number of carbonyl (C=O) groups excluding carboxylic acids is 2. The Morgan fingerprint density at radius 1 is 1.30 bits per heavy atom. The zero-order valence-electron chi connectivity index (χ0n) is 17.6. The summed E-state index contributed by atoms with van der Waals surface area (Å²) in [6.45, 7) is 6.99. The molecule has 0 bridgehead atoms. The fourth-order valence-electron chi connectivity index (χ4n) is 4.75. The molecule has 0 unspecified atom stereocenters. The Morgan fingerprint density at radius 2 is 2.10 bits per heavy atom. The van der Waals surface area contributed by atoms with E-state index < -0.39 is 0 Å². The highest BCUT2D eigenvalue weighted by atomic mass is 16.2. The molecule has 0 fully saturated rings. The largest absolute Gasteiger partial charge is 0.356 e. The molecule has 2 amide bonds. The number of anilines is 1. The summed E-state index contributed by atoms with van der Waals surface area (Å²) < 4.78 is 4.03. The Bertz CT molecular complexity index is 1230. The van der Waals surface area contributed by atoms with Gasteiger partial charge in [0.25, 0.3) is 5.91 Å². The van der Waals surface area contributed by atoms with Crippen LogP contribution >= 0.6 is 0 Å². The van der Waals surface area contributed by atoms with E-state index in [-0.39, 0.29) is 24.3 Å². The summed E-state index contributed by atoms with van der Waals surface area (Å²) in [7, 11) is 1.87. The van der Waals surface area contributed by atoms with Crippen LogP contribution in [-0.4, -0.2) is 37.6 Å². The summed E-state index contributed by atoms with van der Waals surface area (Å²) in [6.07, 6.45) is 5.95. The normalized spacial score (nSPS) is 18.2. The minimum atomic E-state index is -0.280. The van der Waals surface area contributed by atoms with Gasteiger partial charge in [0.2, 0.25) is 5.91 Å². The van der Waals surface area contributed by atoms with Gasteiger partial charge in [-0.15, -0.1) is 0 Å². The summed E-state index contributed by atoms with van der Waals surface area (Å²) in [6, 6.07) is 6.21. The van der Waals surface area contributed by atoms with Crippen molar-refractivity contribution in [3.05, 3.63) is 59.2 Å². The SMILES string of the molecule is CC(=O)N1CC2=C(C1=O)[C@H](c1cnn(C)c1)c1cn(CC(C)C)c3cccc(c13)N2. The van der Waals surface area contributed by atoms with E-state index in [0.29, 0.717) is 11.5 Å². The zero-order chi connectivity index (χ0) is 21.2. The lowest BCUT2D eigenvalue weighted by atomic mass is 9.86. The van der Waals surface area contributed by atoms with Crippen LogP contribution in [-0.2, 0) is 23.2 Å². The van der Waals surface area contributed by atoms with Crippen molar-refractivity contribution in [2.75, 3.05) is 11.9 Å². The number of carbonyl (C=O) groups is 2. The standard InChI is InChI=1S/C23H25N5O2/c1-13(2)9-27-11-16-20(15-8-24-26(4)10-15)22-18(12-28(14(3)29)23(22)30)25-17-6-5-7-19(27)21(16)17/h5-8,10-11,13,20,25H,9,12H2,1-4H3/t20-/m1/s1. The highest BCUT2D eigenvalue weighted by Crippen LogP contribution is 2.46. The van der Waals surface area contributed by atoms with Gasteiger partial charge in [-0.1, -0.05) is 19.9 Å². The Kier molecular flexibility index (Phi) is 4.10. The van der Waals surface area contributed by atoms with Crippen LogP contribution in [0.4, 0.5) is 5.69 Å². The molecule has 1 aromatic carbocycles. The van der Waals surface area contributed by atoms with E-state index in [9.17, 15) is 9.59 Å². The predicted molar refractivity (Wildman–Crippen MR) is 115 cm³/mol. The molecule has 0 spiro atoms. The van der Waals surface area contributed by atoms with Gasteiger partial charge in [0.05, 0.1) is 23.8 Å². The van der Waals surface area contributed by atoms with Gasteiger partial charge in [-0.25, -0.2) is 0 Å². The van der Waals surface area contributed by atoms with Gasteiger partial charge in [0.1, 0.15) is 0 Å².